The zero-order chi connectivity index (χ0) is 13.0. The van der Waals surface area contributed by atoms with Crippen LogP contribution in [0.15, 0.2) is 29.3 Å². The molecule has 94 valence electrons. The second-order valence-corrected chi connectivity index (χ2v) is 4.64. The first kappa shape index (κ1) is 12.9. The fourth-order valence-corrected chi connectivity index (χ4v) is 2.31. The van der Waals surface area contributed by atoms with Crippen molar-refractivity contribution < 1.29 is 9.47 Å². The van der Waals surface area contributed by atoms with Crippen molar-refractivity contribution in [2.45, 2.75) is 6.04 Å². The molecule has 5 heteroatoms. The van der Waals surface area contributed by atoms with E-state index in [-0.39, 0.29) is 0 Å². The Morgan fingerprint density at radius 2 is 2.28 bits per heavy atom. The average Bonchev–Trinajstić information content (AvgIpc) is 2.40. The molecule has 0 aliphatic carbocycles. The lowest BCUT2D eigenvalue weighted by atomic mass is 10.1. The molecule has 18 heavy (non-hydrogen) atoms. The Morgan fingerprint density at radius 3 is 3.00 bits per heavy atom. The summed E-state index contributed by atoms with van der Waals surface area (Å²) in [5.41, 5.74) is 0.843. The first-order valence-corrected chi connectivity index (χ1v) is 6.38. The van der Waals surface area contributed by atoms with Gasteiger partial charge in [-0.1, -0.05) is 6.08 Å². The Labute approximate surface area is 114 Å². The summed E-state index contributed by atoms with van der Waals surface area (Å²) in [6.07, 6.45) is 1.72. The highest BCUT2D eigenvalue weighted by atomic mass is 79.9. The Hall–Kier alpha value is -1.51. The second-order valence-electron chi connectivity index (χ2n) is 3.79. The highest BCUT2D eigenvalue weighted by Gasteiger charge is 2.19. The molecule has 1 aliphatic rings. The molecule has 0 amide bonds. The van der Waals surface area contributed by atoms with Crippen LogP contribution in [0.3, 0.4) is 0 Å². The monoisotopic (exact) mass is 308 g/mol. The number of hydrogen-bond donors (Lipinski definition) is 1. The van der Waals surface area contributed by atoms with Crippen molar-refractivity contribution in [3.63, 3.8) is 0 Å². The molecule has 1 aliphatic heterocycles. The van der Waals surface area contributed by atoms with E-state index in [1.807, 2.05) is 12.1 Å². The van der Waals surface area contributed by atoms with E-state index < -0.39 is 6.04 Å². The van der Waals surface area contributed by atoms with Crippen LogP contribution in [-0.4, -0.2) is 19.8 Å². The van der Waals surface area contributed by atoms with Crippen molar-refractivity contribution in [1.29, 1.82) is 5.26 Å². The van der Waals surface area contributed by atoms with E-state index in [0.717, 1.165) is 10.0 Å². The predicted octanol–water partition coefficient (Wildman–Crippen LogP) is 2.56. The number of hydrogen-bond acceptors (Lipinski definition) is 4. The molecule has 0 aromatic heterocycles. The fourth-order valence-electron chi connectivity index (χ4n) is 1.74. The normalized spacial score (nSPS) is 14.7. The van der Waals surface area contributed by atoms with Gasteiger partial charge in [-0.3, -0.25) is 5.32 Å². The van der Waals surface area contributed by atoms with Crippen LogP contribution in [0.2, 0.25) is 0 Å². The van der Waals surface area contributed by atoms with Gasteiger partial charge in [0.15, 0.2) is 11.5 Å². The van der Waals surface area contributed by atoms with Crippen LogP contribution >= 0.6 is 15.9 Å². The molecule has 0 bridgehead atoms. The summed E-state index contributed by atoms with van der Waals surface area (Å²) in [6, 6.07) is 5.53. The molecule has 1 aromatic carbocycles. The zero-order valence-corrected chi connectivity index (χ0v) is 11.4. The van der Waals surface area contributed by atoms with E-state index in [4.69, 9.17) is 14.7 Å². The van der Waals surface area contributed by atoms with Gasteiger partial charge in [-0.05, 0) is 33.6 Å². The molecule has 2 rings (SSSR count). The Balaban J connectivity index is 2.31. The maximum absolute atomic E-state index is 9.17. The summed E-state index contributed by atoms with van der Waals surface area (Å²) in [7, 11) is 0. The topological polar surface area (TPSA) is 54.3 Å². The lowest BCUT2D eigenvalue weighted by molar-refractivity contribution is 0.170. The third-order valence-corrected chi connectivity index (χ3v) is 3.14. The first-order valence-electron chi connectivity index (χ1n) is 5.59. The van der Waals surface area contributed by atoms with Crippen molar-refractivity contribution in [1.82, 2.24) is 5.32 Å². The van der Waals surface area contributed by atoms with E-state index >= 15 is 0 Å². The van der Waals surface area contributed by atoms with Gasteiger partial charge < -0.3 is 9.47 Å². The van der Waals surface area contributed by atoms with Crippen molar-refractivity contribution in [3.8, 4) is 17.6 Å². The van der Waals surface area contributed by atoms with Gasteiger partial charge in [0.1, 0.15) is 19.3 Å². The van der Waals surface area contributed by atoms with E-state index in [0.29, 0.717) is 31.3 Å². The lowest BCUT2D eigenvalue weighted by Crippen LogP contribution is -2.21. The molecule has 4 nitrogen and oxygen atoms in total. The van der Waals surface area contributed by atoms with Crippen molar-refractivity contribution in [2.75, 3.05) is 19.8 Å². The third-order valence-electron chi connectivity index (χ3n) is 2.55. The molecule has 1 N–H and O–H groups in total. The van der Waals surface area contributed by atoms with Crippen LogP contribution in [0, 0.1) is 11.3 Å². The molecule has 0 fully saturated rings. The van der Waals surface area contributed by atoms with Crippen molar-refractivity contribution in [3.05, 3.63) is 34.8 Å². The Bertz CT molecular complexity index is 496. The number of rotatable bonds is 4. The summed E-state index contributed by atoms with van der Waals surface area (Å²) >= 11 is 3.44. The van der Waals surface area contributed by atoms with Gasteiger partial charge in [-0.15, -0.1) is 6.58 Å². The standard InChI is InChI=1S/C13H13BrN2O2/c1-2-3-16-11(8-15)9-6-10(14)13-12(7-9)17-4-5-18-13/h2,6-7,11,16H,1,3-5H2. The number of nitrogens with one attached hydrogen (secondary N) is 1. The van der Waals surface area contributed by atoms with Crippen LogP contribution in [-0.2, 0) is 0 Å². The summed E-state index contributed by atoms with van der Waals surface area (Å²) < 4.78 is 11.8. The molecular formula is C13H13BrN2O2. The van der Waals surface area contributed by atoms with Gasteiger partial charge in [0.2, 0.25) is 0 Å². The number of fused-ring (bicyclic) bond motifs is 1. The van der Waals surface area contributed by atoms with Gasteiger partial charge in [0, 0.05) is 6.54 Å². The fraction of sp³-hybridized carbons (Fsp3) is 0.308. The Kier molecular flexibility index (Phi) is 4.24. The SMILES string of the molecule is C=CCNC(C#N)c1cc(Br)c2c(c1)OCCO2. The van der Waals surface area contributed by atoms with E-state index in [1.165, 1.54) is 0 Å². The van der Waals surface area contributed by atoms with Crippen LogP contribution in [0.5, 0.6) is 11.5 Å². The van der Waals surface area contributed by atoms with Gasteiger partial charge >= 0.3 is 0 Å². The molecule has 1 aromatic rings. The maximum Gasteiger partial charge on any atom is 0.175 e. The molecular weight excluding hydrogens is 296 g/mol. The van der Waals surface area contributed by atoms with Crippen molar-refractivity contribution in [2.24, 2.45) is 0 Å². The van der Waals surface area contributed by atoms with Gasteiger partial charge in [0.25, 0.3) is 0 Å². The summed E-state index contributed by atoms with van der Waals surface area (Å²) in [5.74, 6) is 1.37. The molecule has 0 radical (unpaired) electrons. The summed E-state index contributed by atoms with van der Waals surface area (Å²) in [5, 5.41) is 12.2. The predicted molar refractivity (Wildman–Crippen MR) is 71.7 cm³/mol. The minimum atomic E-state index is -0.393. The van der Waals surface area contributed by atoms with Gasteiger partial charge in [0.05, 0.1) is 10.5 Å². The quantitative estimate of drug-likeness (QED) is 0.869. The zero-order valence-electron chi connectivity index (χ0n) is 9.78. The van der Waals surface area contributed by atoms with E-state index in [2.05, 4.69) is 33.9 Å². The van der Waals surface area contributed by atoms with Crippen LogP contribution < -0.4 is 14.8 Å². The van der Waals surface area contributed by atoms with E-state index in [9.17, 15) is 0 Å². The largest absolute Gasteiger partial charge is 0.486 e. The van der Waals surface area contributed by atoms with Crippen LogP contribution in [0.25, 0.3) is 0 Å². The number of nitriles is 1. The minimum Gasteiger partial charge on any atom is -0.486 e. The highest BCUT2D eigenvalue weighted by molar-refractivity contribution is 9.10. The Morgan fingerprint density at radius 1 is 1.50 bits per heavy atom. The molecule has 0 saturated heterocycles. The number of nitrogens with zero attached hydrogens (tertiary/aromatic N) is 1. The molecule has 1 unspecified atom stereocenters. The smallest absolute Gasteiger partial charge is 0.175 e. The van der Waals surface area contributed by atoms with Crippen LogP contribution in [0.4, 0.5) is 0 Å². The maximum atomic E-state index is 9.17. The summed E-state index contributed by atoms with van der Waals surface area (Å²) in [6.45, 7) is 5.27. The van der Waals surface area contributed by atoms with Gasteiger partial charge in [-0.25, -0.2) is 0 Å². The number of halogens is 1. The molecule has 0 saturated carbocycles. The van der Waals surface area contributed by atoms with E-state index in [1.54, 1.807) is 6.08 Å². The highest BCUT2D eigenvalue weighted by Crippen LogP contribution is 2.39. The second kappa shape index (κ2) is 5.89. The number of ether oxygens (including phenoxy) is 2. The minimum absolute atomic E-state index is 0.393. The molecule has 0 spiro atoms. The number of benzene rings is 1. The molecule has 1 heterocycles. The van der Waals surface area contributed by atoms with Gasteiger partial charge in [-0.2, -0.15) is 5.26 Å². The average molecular weight is 309 g/mol. The van der Waals surface area contributed by atoms with Crippen LogP contribution in [0.1, 0.15) is 11.6 Å². The molecule has 1 atom stereocenters. The third kappa shape index (κ3) is 2.66. The van der Waals surface area contributed by atoms with Crippen molar-refractivity contribution >= 4 is 15.9 Å². The first-order chi connectivity index (χ1) is 8.76. The summed E-state index contributed by atoms with van der Waals surface area (Å²) in [4.78, 5) is 0. The lowest BCUT2D eigenvalue weighted by Gasteiger charge is -2.21.